The Hall–Kier alpha value is -1.99. The molecule has 0 aliphatic rings. The topological polar surface area (TPSA) is 0 Å². The molecule has 112 valence electrons. The van der Waals surface area contributed by atoms with Crippen molar-refractivity contribution in [2.45, 2.75) is 20.8 Å². The Morgan fingerprint density at radius 1 is 0.591 bits per heavy atom. The van der Waals surface area contributed by atoms with Gasteiger partial charge in [0.1, 0.15) is 0 Å². The molecule has 0 aromatic heterocycles. The van der Waals surface area contributed by atoms with Gasteiger partial charge in [-0.1, -0.05) is 72.3 Å². The maximum Gasteiger partial charge on any atom is -0.0100 e. The van der Waals surface area contributed by atoms with Crippen LogP contribution in [0.2, 0.25) is 0 Å². The predicted octanol–water partition coefficient (Wildman–Crippen LogP) is 6.06. The molecule has 3 aromatic rings. The average molecular weight is 306 g/mol. The zero-order valence-corrected chi connectivity index (χ0v) is 14.4. The van der Waals surface area contributed by atoms with Crippen LogP contribution in [0, 0.1) is 20.8 Å². The van der Waals surface area contributed by atoms with Crippen molar-refractivity contribution in [1.82, 2.24) is 0 Å². The van der Waals surface area contributed by atoms with E-state index in [1.807, 2.05) is 0 Å². The minimum atomic E-state index is 0. The van der Waals surface area contributed by atoms with Gasteiger partial charge < -0.3 is 0 Å². The smallest absolute Gasteiger partial charge is 0.0100 e. The van der Waals surface area contributed by atoms with Gasteiger partial charge in [0.25, 0.3) is 0 Å². The lowest BCUT2D eigenvalue weighted by molar-refractivity contribution is 1.32. The molecule has 0 saturated carbocycles. The minimum absolute atomic E-state index is 0. The van der Waals surface area contributed by atoms with Crippen LogP contribution in [0.4, 0.5) is 0 Å². The molecule has 3 aromatic carbocycles. The van der Waals surface area contributed by atoms with Gasteiger partial charge >= 0.3 is 0 Å². The maximum atomic E-state index is 2.27. The second-order valence-electron chi connectivity index (χ2n) is 5.69. The summed E-state index contributed by atoms with van der Waals surface area (Å²) in [7, 11) is 0. The number of aryl methyl sites for hydroxylation is 3. The Morgan fingerprint density at radius 2 is 1.09 bits per heavy atom. The lowest BCUT2D eigenvalue weighted by Crippen LogP contribution is -1.92. The van der Waals surface area contributed by atoms with Crippen molar-refractivity contribution < 1.29 is 0 Å². The SMILES string of the molecule is Cc1cc(C)c(-c2ccccc2-c2ccccc2)c(C)c1.S. The summed E-state index contributed by atoms with van der Waals surface area (Å²) in [5.74, 6) is 0. The van der Waals surface area contributed by atoms with E-state index in [0.29, 0.717) is 0 Å². The van der Waals surface area contributed by atoms with Crippen LogP contribution >= 0.6 is 13.5 Å². The molecule has 3 rings (SSSR count). The maximum absolute atomic E-state index is 2.27. The second kappa shape index (κ2) is 6.85. The predicted molar refractivity (Wildman–Crippen MR) is 102 cm³/mol. The van der Waals surface area contributed by atoms with Crippen LogP contribution in [0.5, 0.6) is 0 Å². The summed E-state index contributed by atoms with van der Waals surface area (Å²) in [6.07, 6.45) is 0. The first kappa shape index (κ1) is 16.4. The number of rotatable bonds is 2. The Balaban J connectivity index is 0.00000176. The molecule has 0 saturated heterocycles. The van der Waals surface area contributed by atoms with Gasteiger partial charge in [-0.2, -0.15) is 13.5 Å². The minimum Gasteiger partial charge on any atom is -0.197 e. The molecule has 0 aliphatic carbocycles. The van der Waals surface area contributed by atoms with Crippen molar-refractivity contribution in [3.63, 3.8) is 0 Å². The Kier molecular flexibility index (Phi) is 5.10. The highest BCUT2D eigenvalue weighted by molar-refractivity contribution is 7.59. The van der Waals surface area contributed by atoms with E-state index in [1.54, 1.807) is 0 Å². The lowest BCUT2D eigenvalue weighted by atomic mass is 9.88. The third kappa shape index (κ3) is 3.10. The van der Waals surface area contributed by atoms with Gasteiger partial charge in [-0.25, -0.2) is 0 Å². The van der Waals surface area contributed by atoms with E-state index in [0.717, 1.165) is 0 Å². The highest BCUT2D eigenvalue weighted by Crippen LogP contribution is 2.36. The van der Waals surface area contributed by atoms with Crippen LogP contribution in [-0.4, -0.2) is 0 Å². The number of hydrogen-bond donors (Lipinski definition) is 0. The standard InChI is InChI=1S/C21H20.H2S/c1-15-13-16(2)21(17(3)14-15)20-12-8-7-11-19(20)18-9-5-4-6-10-18;/h4-14H,1-3H3;1H2. The monoisotopic (exact) mass is 306 g/mol. The van der Waals surface area contributed by atoms with E-state index >= 15 is 0 Å². The van der Waals surface area contributed by atoms with Crippen LogP contribution in [0.1, 0.15) is 16.7 Å². The molecule has 1 heteroatoms. The molecule has 0 N–H and O–H groups in total. The van der Waals surface area contributed by atoms with E-state index in [4.69, 9.17) is 0 Å². The van der Waals surface area contributed by atoms with E-state index < -0.39 is 0 Å². The molecule has 0 atom stereocenters. The van der Waals surface area contributed by atoms with Gasteiger partial charge in [0.15, 0.2) is 0 Å². The molecule has 0 nitrogen and oxygen atoms in total. The van der Waals surface area contributed by atoms with Gasteiger partial charge in [0.05, 0.1) is 0 Å². The van der Waals surface area contributed by atoms with Crippen LogP contribution in [0.3, 0.4) is 0 Å². The quantitative estimate of drug-likeness (QED) is 0.540. The fourth-order valence-electron chi connectivity index (χ4n) is 3.18. The summed E-state index contributed by atoms with van der Waals surface area (Å²) >= 11 is 0. The summed E-state index contributed by atoms with van der Waals surface area (Å²) in [6.45, 7) is 6.57. The Labute approximate surface area is 140 Å². The first-order valence-electron chi connectivity index (χ1n) is 7.39. The van der Waals surface area contributed by atoms with Crippen LogP contribution in [0.25, 0.3) is 22.3 Å². The molecule has 22 heavy (non-hydrogen) atoms. The van der Waals surface area contributed by atoms with Gasteiger partial charge in [0.2, 0.25) is 0 Å². The molecule has 0 heterocycles. The zero-order chi connectivity index (χ0) is 14.8. The first-order valence-corrected chi connectivity index (χ1v) is 7.39. The van der Waals surface area contributed by atoms with E-state index in [9.17, 15) is 0 Å². The average Bonchev–Trinajstić information content (AvgIpc) is 2.48. The fraction of sp³-hybridized carbons (Fsp3) is 0.143. The van der Waals surface area contributed by atoms with Crippen LogP contribution in [0.15, 0.2) is 66.7 Å². The summed E-state index contributed by atoms with van der Waals surface area (Å²) in [6, 6.07) is 23.8. The molecule has 0 radical (unpaired) electrons. The van der Waals surface area contributed by atoms with Crippen molar-refractivity contribution >= 4 is 13.5 Å². The molecule has 0 bridgehead atoms. The van der Waals surface area contributed by atoms with Crippen LogP contribution < -0.4 is 0 Å². The van der Waals surface area contributed by atoms with E-state index in [2.05, 4.69) is 87.5 Å². The molecule has 0 unspecified atom stereocenters. The largest absolute Gasteiger partial charge is 0.197 e. The molecule has 0 fully saturated rings. The van der Waals surface area contributed by atoms with Crippen LogP contribution in [-0.2, 0) is 0 Å². The molecule has 0 aliphatic heterocycles. The van der Waals surface area contributed by atoms with Crippen molar-refractivity contribution in [1.29, 1.82) is 0 Å². The zero-order valence-electron chi connectivity index (χ0n) is 13.4. The first-order chi connectivity index (χ1) is 10.2. The van der Waals surface area contributed by atoms with Crippen molar-refractivity contribution in [2.75, 3.05) is 0 Å². The highest BCUT2D eigenvalue weighted by Gasteiger charge is 2.11. The van der Waals surface area contributed by atoms with Gasteiger partial charge in [0, 0.05) is 0 Å². The molecule has 0 spiro atoms. The lowest BCUT2D eigenvalue weighted by Gasteiger charge is -2.16. The molecular formula is C21H22S. The Bertz CT molecular complexity index is 750. The summed E-state index contributed by atoms with van der Waals surface area (Å²) in [4.78, 5) is 0. The Morgan fingerprint density at radius 3 is 1.68 bits per heavy atom. The van der Waals surface area contributed by atoms with Crippen molar-refractivity contribution in [3.8, 4) is 22.3 Å². The van der Waals surface area contributed by atoms with Crippen molar-refractivity contribution in [3.05, 3.63) is 83.4 Å². The second-order valence-corrected chi connectivity index (χ2v) is 5.69. The third-order valence-corrected chi connectivity index (χ3v) is 3.96. The fourth-order valence-corrected chi connectivity index (χ4v) is 3.18. The number of benzene rings is 3. The van der Waals surface area contributed by atoms with E-state index in [1.165, 1.54) is 38.9 Å². The summed E-state index contributed by atoms with van der Waals surface area (Å²) in [5.41, 5.74) is 9.26. The molecule has 0 amide bonds. The highest BCUT2D eigenvalue weighted by atomic mass is 32.1. The third-order valence-electron chi connectivity index (χ3n) is 3.96. The summed E-state index contributed by atoms with van der Waals surface area (Å²) in [5, 5.41) is 0. The van der Waals surface area contributed by atoms with Gasteiger partial charge in [-0.15, -0.1) is 0 Å². The number of hydrogen-bond acceptors (Lipinski definition) is 0. The summed E-state index contributed by atoms with van der Waals surface area (Å²) < 4.78 is 0. The molecular weight excluding hydrogens is 284 g/mol. The van der Waals surface area contributed by atoms with Gasteiger partial charge in [-0.05, 0) is 54.2 Å². The van der Waals surface area contributed by atoms with Crippen molar-refractivity contribution in [2.24, 2.45) is 0 Å². The normalized spacial score (nSPS) is 10.1. The van der Waals surface area contributed by atoms with Gasteiger partial charge in [-0.3, -0.25) is 0 Å². The van der Waals surface area contributed by atoms with E-state index in [-0.39, 0.29) is 13.5 Å².